The molecule has 1 aromatic carbocycles. The average Bonchev–Trinajstić information content (AvgIpc) is 2.46. The maximum Gasteiger partial charge on any atom is 0.394 e. The van der Waals surface area contributed by atoms with Gasteiger partial charge in [-0.3, -0.25) is 0 Å². The normalized spacial score (nSPS) is 10.5. The van der Waals surface area contributed by atoms with E-state index in [2.05, 4.69) is 4.98 Å². The van der Waals surface area contributed by atoms with Crippen LogP contribution in [0.3, 0.4) is 0 Å². The van der Waals surface area contributed by atoms with E-state index in [9.17, 15) is 0 Å². The lowest BCUT2D eigenvalue weighted by atomic mass is 10.2. The summed E-state index contributed by atoms with van der Waals surface area (Å²) in [7, 11) is 1.54. The lowest BCUT2D eigenvalue weighted by molar-refractivity contribution is 0.299. The molecule has 0 radical (unpaired) electrons. The molecule has 3 nitrogen and oxygen atoms in total. The van der Waals surface area contributed by atoms with E-state index in [0.29, 0.717) is 6.08 Å². The summed E-state index contributed by atoms with van der Waals surface area (Å²) in [6, 6.07) is 5.83. The van der Waals surface area contributed by atoms with Gasteiger partial charge in [-0.2, -0.15) is 4.98 Å². The molecule has 2 aromatic rings. The molecule has 0 bridgehead atoms. The van der Waals surface area contributed by atoms with E-state index >= 15 is 0 Å². The third-order valence-corrected chi connectivity index (χ3v) is 1.70. The van der Waals surface area contributed by atoms with Gasteiger partial charge in [0.15, 0.2) is 5.58 Å². The SMILES string of the molecule is COc1nc2cc(C)ccc2o1. The van der Waals surface area contributed by atoms with Crippen LogP contribution in [0.5, 0.6) is 6.08 Å². The fraction of sp³-hybridized carbons (Fsp3) is 0.222. The molecule has 0 aliphatic rings. The van der Waals surface area contributed by atoms with Crippen LogP contribution in [0.25, 0.3) is 11.1 Å². The third kappa shape index (κ3) is 1.03. The highest BCUT2D eigenvalue weighted by Crippen LogP contribution is 2.20. The molecule has 12 heavy (non-hydrogen) atoms. The molecule has 0 saturated carbocycles. The van der Waals surface area contributed by atoms with E-state index in [1.807, 2.05) is 25.1 Å². The van der Waals surface area contributed by atoms with E-state index in [-0.39, 0.29) is 0 Å². The number of benzene rings is 1. The van der Waals surface area contributed by atoms with Crippen LogP contribution in [0.1, 0.15) is 5.56 Å². The minimum atomic E-state index is 0.315. The van der Waals surface area contributed by atoms with Gasteiger partial charge in [0.1, 0.15) is 5.52 Å². The smallest absolute Gasteiger partial charge is 0.394 e. The maximum absolute atomic E-state index is 5.24. The van der Waals surface area contributed by atoms with Crippen LogP contribution in [0.2, 0.25) is 0 Å². The van der Waals surface area contributed by atoms with Crippen molar-refractivity contribution in [2.45, 2.75) is 6.92 Å². The molecule has 1 aromatic heterocycles. The molecule has 2 rings (SSSR count). The van der Waals surface area contributed by atoms with Crippen LogP contribution in [0, 0.1) is 6.92 Å². The summed E-state index contributed by atoms with van der Waals surface area (Å²) < 4.78 is 10.1. The molecule has 0 fully saturated rings. The highest BCUT2D eigenvalue weighted by molar-refractivity contribution is 5.73. The van der Waals surface area contributed by atoms with E-state index < -0.39 is 0 Å². The van der Waals surface area contributed by atoms with Crippen LogP contribution in [0.15, 0.2) is 22.6 Å². The zero-order chi connectivity index (χ0) is 8.55. The number of fused-ring (bicyclic) bond motifs is 1. The zero-order valence-electron chi connectivity index (χ0n) is 7.00. The largest absolute Gasteiger partial charge is 0.453 e. The number of ether oxygens (including phenoxy) is 1. The van der Waals surface area contributed by atoms with Gasteiger partial charge in [-0.1, -0.05) is 6.07 Å². The van der Waals surface area contributed by atoms with Gasteiger partial charge in [-0.15, -0.1) is 0 Å². The number of methoxy groups -OCH3 is 1. The van der Waals surface area contributed by atoms with Crippen molar-refractivity contribution < 1.29 is 9.15 Å². The van der Waals surface area contributed by atoms with Crippen molar-refractivity contribution in [3.05, 3.63) is 23.8 Å². The summed E-state index contributed by atoms with van der Waals surface area (Å²) in [5.41, 5.74) is 2.77. The Bertz CT molecular complexity index is 406. The first-order valence-electron chi connectivity index (χ1n) is 3.71. The molecule has 0 amide bonds. The monoisotopic (exact) mass is 163 g/mol. The summed E-state index contributed by atoms with van der Waals surface area (Å²) in [5.74, 6) is 0. The average molecular weight is 163 g/mol. The fourth-order valence-electron chi connectivity index (χ4n) is 1.10. The predicted molar refractivity (Wildman–Crippen MR) is 45.3 cm³/mol. The molecule has 3 heteroatoms. The Balaban J connectivity index is 2.67. The van der Waals surface area contributed by atoms with E-state index in [4.69, 9.17) is 9.15 Å². The number of nitrogens with zero attached hydrogens (tertiary/aromatic N) is 1. The van der Waals surface area contributed by atoms with Crippen molar-refractivity contribution in [1.82, 2.24) is 4.98 Å². The Morgan fingerprint density at radius 1 is 1.42 bits per heavy atom. The minimum absolute atomic E-state index is 0.315. The molecule has 0 aliphatic heterocycles. The highest BCUT2D eigenvalue weighted by atomic mass is 16.6. The number of hydrogen-bond acceptors (Lipinski definition) is 3. The van der Waals surface area contributed by atoms with Crippen LogP contribution < -0.4 is 4.74 Å². The summed E-state index contributed by atoms with van der Waals surface area (Å²) in [5, 5.41) is 0. The van der Waals surface area contributed by atoms with Crippen molar-refractivity contribution in [3.8, 4) is 6.08 Å². The van der Waals surface area contributed by atoms with Gasteiger partial charge >= 0.3 is 6.08 Å². The molecule has 0 aliphatic carbocycles. The Labute approximate surface area is 70.0 Å². The molecule has 1 heterocycles. The minimum Gasteiger partial charge on any atom is -0.453 e. The quantitative estimate of drug-likeness (QED) is 0.646. The van der Waals surface area contributed by atoms with Crippen molar-refractivity contribution >= 4 is 11.1 Å². The molecular weight excluding hydrogens is 154 g/mol. The highest BCUT2D eigenvalue weighted by Gasteiger charge is 2.03. The van der Waals surface area contributed by atoms with E-state index in [1.165, 1.54) is 12.7 Å². The predicted octanol–water partition coefficient (Wildman–Crippen LogP) is 2.14. The van der Waals surface area contributed by atoms with Gasteiger partial charge in [0.05, 0.1) is 7.11 Å². The molecule has 0 saturated heterocycles. The maximum atomic E-state index is 5.24. The topological polar surface area (TPSA) is 35.3 Å². The summed E-state index contributed by atoms with van der Waals surface area (Å²) in [6.07, 6.45) is 0.315. The van der Waals surface area contributed by atoms with Gasteiger partial charge in [0.2, 0.25) is 0 Å². The molecule has 0 atom stereocenters. The van der Waals surface area contributed by atoms with Crippen LogP contribution in [-0.2, 0) is 0 Å². The Morgan fingerprint density at radius 3 is 3.00 bits per heavy atom. The summed E-state index contributed by atoms with van der Waals surface area (Å²) >= 11 is 0. The van der Waals surface area contributed by atoms with Gasteiger partial charge in [-0.05, 0) is 24.6 Å². The van der Waals surface area contributed by atoms with Crippen LogP contribution >= 0.6 is 0 Å². The van der Waals surface area contributed by atoms with Gasteiger partial charge in [0.25, 0.3) is 0 Å². The van der Waals surface area contributed by atoms with Crippen LogP contribution in [-0.4, -0.2) is 12.1 Å². The first kappa shape index (κ1) is 7.16. The molecule has 0 N–H and O–H groups in total. The van der Waals surface area contributed by atoms with Crippen molar-refractivity contribution in [2.24, 2.45) is 0 Å². The number of hydrogen-bond donors (Lipinski definition) is 0. The van der Waals surface area contributed by atoms with Crippen LogP contribution in [0.4, 0.5) is 0 Å². The van der Waals surface area contributed by atoms with Gasteiger partial charge < -0.3 is 9.15 Å². The number of aryl methyl sites for hydroxylation is 1. The second-order valence-electron chi connectivity index (χ2n) is 2.66. The Morgan fingerprint density at radius 2 is 2.25 bits per heavy atom. The molecular formula is C9H9NO2. The van der Waals surface area contributed by atoms with E-state index in [1.54, 1.807) is 0 Å². The fourth-order valence-corrected chi connectivity index (χ4v) is 1.10. The molecule has 0 unspecified atom stereocenters. The lowest BCUT2D eigenvalue weighted by Gasteiger charge is -1.87. The zero-order valence-corrected chi connectivity index (χ0v) is 7.00. The van der Waals surface area contributed by atoms with Crippen molar-refractivity contribution in [3.63, 3.8) is 0 Å². The van der Waals surface area contributed by atoms with Gasteiger partial charge in [-0.25, -0.2) is 0 Å². The summed E-state index contributed by atoms with van der Waals surface area (Å²) in [4.78, 5) is 4.10. The third-order valence-electron chi connectivity index (χ3n) is 1.70. The molecule has 0 spiro atoms. The second kappa shape index (κ2) is 2.52. The molecule has 62 valence electrons. The van der Waals surface area contributed by atoms with Crippen molar-refractivity contribution in [1.29, 1.82) is 0 Å². The standard InChI is InChI=1S/C9H9NO2/c1-6-3-4-8-7(5-6)10-9(11-2)12-8/h3-5H,1-2H3. The lowest BCUT2D eigenvalue weighted by Crippen LogP contribution is -1.79. The number of oxazole rings is 1. The first-order chi connectivity index (χ1) is 5.79. The van der Waals surface area contributed by atoms with Gasteiger partial charge in [0, 0.05) is 0 Å². The first-order valence-corrected chi connectivity index (χ1v) is 3.71. The van der Waals surface area contributed by atoms with Crippen molar-refractivity contribution in [2.75, 3.05) is 7.11 Å². The summed E-state index contributed by atoms with van der Waals surface area (Å²) in [6.45, 7) is 2.01. The Hall–Kier alpha value is -1.51. The van der Waals surface area contributed by atoms with E-state index in [0.717, 1.165) is 11.1 Å². The number of rotatable bonds is 1. The second-order valence-corrected chi connectivity index (χ2v) is 2.66. The number of aromatic nitrogens is 1. The Kier molecular flexibility index (Phi) is 1.50.